The summed E-state index contributed by atoms with van der Waals surface area (Å²) in [4.78, 5) is 4.60. The zero-order chi connectivity index (χ0) is 11.2. The minimum absolute atomic E-state index is 0.553. The van der Waals surface area contributed by atoms with E-state index in [0.717, 1.165) is 31.0 Å². The van der Waals surface area contributed by atoms with Crippen LogP contribution in [0.3, 0.4) is 0 Å². The van der Waals surface area contributed by atoms with Gasteiger partial charge in [-0.2, -0.15) is 11.8 Å². The van der Waals surface area contributed by atoms with E-state index >= 15 is 0 Å². The highest BCUT2D eigenvalue weighted by molar-refractivity contribution is 7.99. The highest BCUT2D eigenvalue weighted by atomic mass is 32.2. The van der Waals surface area contributed by atoms with Crippen molar-refractivity contribution in [3.05, 3.63) is 17.8 Å². The van der Waals surface area contributed by atoms with E-state index in [0.29, 0.717) is 5.92 Å². The number of nitrogens with zero attached hydrogens (tertiary/aromatic N) is 1. The van der Waals surface area contributed by atoms with Crippen molar-refractivity contribution >= 4 is 11.8 Å². The molecule has 0 amide bonds. The van der Waals surface area contributed by atoms with Crippen LogP contribution in [0.15, 0.2) is 10.7 Å². The summed E-state index contributed by atoms with van der Waals surface area (Å²) in [5.41, 5.74) is 1.11. The number of aryl methyl sites for hydroxylation is 1. The summed E-state index contributed by atoms with van der Waals surface area (Å²) >= 11 is 2.02. The zero-order valence-electron chi connectivity index (χ0n) is 9.87. The van der Waals surface area contributed by atoms with Crippen LogP contribution < -0.4 is 5.32 Å². The topological polar surface area (TPSA) is 38.1 Å². The minimum atomic E-state index is 0.553. The Balaban J connectivity index is 1.85. The molecule has 1 atom stereocenters. The van der Waals surface area contributed by atoms with Crippen molar-refractivity contribution in [2.75, 3.05) is 25.1 Å². The molecule has 1 aliphatic heterocycles. The van der Waals surface area contributed by atoms with Crippen molar-refractivity contribution in [2.45, 2.75) is 31.6 Å². The van der Waals surface area contributed by atoms with Crippen molar-refractivity contribution in [3.8, 4) is 0 Å². The van der Waals surface area contributed by atoms with Crippen molar-refractivity contribution in [3.63, 3.8) is 0 Å². The number of aromatic nitrogens is 1. The first-order chi connectivity index (χ1) is 7.90. The lowest BCUT2D eigenvalue weighted by Gasteiger charge is -2.17. The Hall–Kier alpha value is -0.480. The molecule has 1 unspecified atom stereocenters. The van der Waals surface area contributed by atoms with E-state index in [4.69, 9.17) is 4.42 Å². The summed E-state index contributed by atoms with van der Waals surface area (Å²) in [6, 6.07) is 0. The molecule has 16 heavy (non-hydrogen) atoms. The normalized spacial score (nSPS) is 21.2. The Morgan fingerprint density at radius 1 is 1.62 bits per heavy atom. The monoisotopic (exact) mass is 240 g/mol. The van der Waals surface area contributed by atoms with Gasteiger partial charge in [0.05, 0.1) is 5.69 Å². The zero-order valence-corrected chi connectivity index (χ0v) is 10.7. The van der Waals surface area contributed by atoms with Crippen LogP contribution in [-0.2, 0) is 6.42 Å². The van der Waals surface area contributed by atoms with Gasteiger partial charge in [-0.25, -0.2) is 4.98 Å². The van der Waals surface area contributed by atoms with Crippen LogP contribution in [0.1, 0.15) is 36.8 Å². The molecule has 1 fully saturated rings. The van der Waals surface area contributed by atoms with E-state index in [-0.39, 0.29) is 0 Å². The number of oxazole rings is 1. The van der Waals surface area contributed by atoms with E-state index in [1.165, 1.54) is 24.3 Å². The Bertz CT molecular complexity index is 308. The third-order valence-corrected chi connectivity index (χ3v) is 4.15. The van der Waals surface area contributed by atoms with Gasteiger partial charge in [-0.1, -0.05) is 0 Å². The summed E-state index contributed by atoms with van der Waals surface area (Å²) in [6.45, 7) is 1.04. The highest BCUT2D eigenvalue weighted by Crippen LogP contribution is 2.30. The van der Waals surface area contributed by atoms with E-state index < -0.39 is 0 Å². The Labute approximate surface area is 101 Å². The van der Waals surface area contributed by atoms with Crippen molar-refractivity contribution < 1.29 is 4.42 Å². The van der Waals surface area contributed by atoms with E-state index in [2.05, 4.69) is 10.3 Å². The summed E-state index contributed by atoms with van der Waals surface area (Å²) in [5, 5.41) is 3.15. The second-order valence-electron chi connectivity index (χ2n) is 4.30. The number of hydrogen-bond acceptors (Lipinski definition) is 4. The number of nitrogens with one attached hydrogen (secondary N) is 1. The molecule has 2 heterocycles. The average Bonchev–Trinajstić information content (AvgIpc) is 2.79. The van der Waals surface area contributed by atoms with Gasteiger partial charge in [-0.05, 0) is 45.0 Å². The minimum Gasteiger partial charge on any atom is -0.448 e. The van der Waals surface area contributed by atoms with Crippen LogP contribution in [0, 0.1) is 0 Å². The maximum atomic E-state index is 5.59. The van der Waals surface area contributed by atoms with Gasteiger partial charge >= 0.3 is 0 Å². The van der Waals surface area contributed by atoms with Gasteiger partial charge in [0, 0.05) is 11.7 Å². The van der Waals surface area contributed by atoms with Crippen LogP contribution in [0.5, 0.6) is 0 Å². The first-order valence-corrected chi connectivity index (χ1v) is 7.22. The molecular weight excluding hydrogens is 220 g/mol. The molecule has 1 aliphatic rings. The molecule has 0 aromatic carbocycles. The quantitative estimate of drug-likeness (QED) is 0.802. The average molecular weight is 240 g/mol. The van der Waals surface area contributed by atoms with Crippen LogP contribution in [0.4, 0.5) is 0 Å². The van der Waals surface area contributed by atoms with Crippen molar-refractivity contribution in [1.82, 2.24) is 10.3 Å². The molecule has 0 radical (unpaired) electrons. The second-order valence-corrected chi connectivity index (χ2v) is 5.45. The smallest absolute Gasteiger partial charge is 0.198 e. The molecule has 2 rings (SSSR count). The maximum Gasteiger partial charge on any atom is 0.198 e. The number of hydrogen-bond donors (Lipinski definition) is 1. The molecule has 1 aromatic heterocycles. The van der Waals surface area contributed by atoms with Gasteiger partial charge in [0.25, 0.3) is 0 Å². The van der Waals surface area contributed by atoms with Gasteiger partial charge in [0.2, 0.25) is 0 Å². The lowest BCUT2D eigenvalue weighted by atomic mass is 10.1. The molecule has 1 aromatic rings. The summed E-state index contributed by atoms with van der Waals surface area (Å²) in [6.07, 6.45) is 6.52. The molecule has 90 valence electrons. The Kier molecular flexibility index (Phi) is 4.72. The molecule has 3 nitrogen and oxygen atoms in total. The molecular formula is C12H20N2OS. The molecule has 1 N–H and O–H groups in total. The van der Waals surface area contributed by atoms with Gasteiger partial charge < -0.3 is 9.73 Å². The second kappa shape index (κ2) is 6.30. The van der Waals surface area contributed by atoms with Crippen molar-refractivity contribution in [1.29, 1.82) is 0 Å². The molecule has 4 heteroatoms. The Morgan fingerprint density at radius 3 is 3.31 bits per heavy atom. The lowest BCUT2D eigenvalue weighted by molar-refractivity contribution is 0.443. The molecule has 0 saturated carbocycles. The Morgan fingerprint density at radius 2 is 2.56 bits per heavy atom. The molecule has 0 aliphatic carbocycles. The fourth-order valence-corrected chi connectivity index (χ4v) is 3.14. The van der Waals surface area contributed by atoms with Crippen molar-refractivity contribution in [2.24, 2.45) is 0 Å². The summed E-state index contributed by atoms with van der Waals surface area (Å²) in [5.74, 6) is 3.99. The van der Waals surface area contributed by atoms with Gasteiger partial charge in [0.1, 0.15) is 6.26 Å². The van der Waals surface area contributed by atoms with E-state index in [9.17, 15) is 0 Å². The van der Waals surface area contributed by atoms with Gasteiger partial charge in [-0.15, -0.1) is 0 Å². The fourth-order valence-electron chi connectivity index (χ4n) is 2.01. The lowest BCUT2D eigenvalue weighted by Crippen LogP contribution is -2.10. The van der Waals surface area contributed by atoms with Gasteiger partial charge in [0.15, 0.2) is 5.89 Å². The third-order valence-electron chi connectivity index (χ3n) is 2.94. The summed E-state index contributed by atoms with van der Waals surface area (Å²) in [7, 11) is 1.98. The van der Waals surface area contributed by atoms with Crippen LogP contribution in [-0.4, -0.2) is 30.1 Å². The SMILES string of the molecule is CNCCCc1coc(C2CCCSC2)n1. The van der Waals surface area contributed by atoms with E-state index in [1.54, 1.807) is 0 Å². The van der Waals surface area contributed by atoms with Crippen LogP contribution in [0.2, 0.25) is 0 Å². The van der Waals surface area contributed by atoms with E-state index in [1.807, 2.05) is 25.1 Å². The molecule has 0 spiro atoms. The number of rotatable bonds is 5. The maximum absolute atomic E-state index is 5.59. The molecule has 0 bridgehead atoms. The first-order valence-electron chi connectivity index (χ1n) is 6.07. The first kappa shape index (κ1) is 12.0. The standard InChI is InChI=1S/C12H20N2OS/c1-13-6-2-5-11-8-15-12(14-11)10-4-3-7-16-9-10/h8,10,13H,2-7,9H2,1H3. The largest absolute Gasteiger partial charge is 0.448 e. The number of thioether (sulfide) groups is 1. The van der Waals surface area contributed by atoms with Crippen LogP contribution >= 0.6 is 11.8 Å². The summed E-state index contributed by atoms with van der Waals surface area (Å²) < 4.78 is 5.59. The predicted octanol–water partition coefficient (Wildman–Crippen LogP) is 2.44. The highest BCUT2D eigenvalue weighted by Gasteiger charge is 2.20. The molecule has 1 saturated heterocycles. The van der Waals surface area contributed by atoms with Gasteiger partial charge in [-0.3, -0.25) is 0 Å². The fraction of sp³-hybridized carbons (Fsp3) is 0.750. The predicted molar refractivity (Wildman–Crippen MR) is 68.1 cm³/mol. The van der Waals surface area contributed by atoms with Crippen LogP contribution in [0.25, 0.3) is 0 Å². The third kappa shape index (κ3) is 3.25.